The van der Waals surface area contributed by atoms with Crippen LogP contribution in [-0.2, 0) is 22.6 Å². The van der Waals surface area contributed by atoms with Crippen molar-refractivity contribution in [3.8, 4) is 0 Å². The predicted octanol–water partition coefficient (Wildman–Crippen LogP) is 0.306. The predicted molar refractivity (Wildman–Crippen MR) is 81.9 cm³/mol. The molecule has 0 aromatic heterocycles. The average molecular weight is 292 g/mol. The number of benzene rings is 1. The third-order valence-electron chi connectivity index (χ3n) is 3.23. The quantitative estimate of drug-likeness (QED) is 0.346. The van der Waals surface area contributed by atoms with E-state index in [1.54, 1.807) is 0 Å². The van der Waals surface area contributed by atoms with Gasteiger partial charge in [-0.1, -0.05) is 37.6 Å². The van der Waals surface area contributed by atoms with E-state index in [-0.39, 0.29) is 24.8 Å². The van der Waals surface area contributed by atoms with Gasteiger partial charge in [-0.2, -0.15) is 0 Å². The van der Waals surface area contributed by atoms with Crippen molar-refractivity contribution in [3.05, 3.63) is 35.4 Å². The van der Waals surface area contributed by atoms with Crippen LogP contribution in [0.5, 0.6) is 0 Å². The highest BCUT2D eigenvalue weighted by Gasteiger charge is 2.12. The number of unbranched alkanes of at least 4 members (excludes halogenated alkanes) is 1. The van der Waals surface area contributed by atoms with E-state index in [9.17, 15) is 9.59 Å². The van der Waals surface area contributed by atoms with Gasteiger partial charge in [0.2, 0.25) is 11.8 Å². The van der Waals surface area contributed by atoms with Crippen LogP contribution in [0.4, 0.5) is 0 Å². The molecule has 6 nitrogen and oxygen atoms in total. The standard InChI is InChI=1S/C15H24N4O2/c1-2-3-8-19(11-14(16)20)10-13-7-5-4-6-12(13)9-15(21)18-17/h4-7H,2-3,8-11,17H2,1H3,(H2,16,20)(H,18,21). The zero-order valence-corrected chi connectivity index (χ0v) is 12.5. The van der Waals surface area contributed by atoms with Gasteiger partial charge in [0.1, 0.15) is 0 Å². The summed E-state index contributed by atoms with van der Waals surface area (Å²) in [5.41, 5.74) is 9.35. The Bertz CT molecular complexity index is 476. The number of nitrogens with two attached hydrogens (primary N) is 2. The summed E-state index contributed by atoms with van der Waals surface area (Å²) >= 11 is 0. The fourth-order valence-electron chi connectivity index (χ4n) is 2.17. The zero-order chi connectivity index (χ0) is 15.7. The number of nitrogens with zero attached hydrogens (tertiary/aromatic N) is 1. The summed E-state index contributed by atoms with van der Waals surface area (Å²) < 4.78 is 0. The number of carbonyl (C=O) groups is 2. The van der Waals surface area contributed by atoms with Gasteiger partial charge in [0.05, 0.1) is 13.0 Å². The molecule has 0 aliphatic rings. The molecule has 0 fully saturated rings. The minimum Gasteiger partial charge on any atom is -0.369 e. The Hall–Kier alpha value is -1.92. The smallest absolute Gasteiger partial charge is 0.238 e. The first-order valence-corrected chi connectivity index (χ1v) is 7.13. The monoisotopic (exact) mass is 292 g/mol. The molecule has 5 N–H and O–H groups in total. The van der Waals surface area contributed by atoms with E-state index in [0.717, 1.165) is 30.5 Å². The molecule has 0 saturated heterocycles. The molecule has 21 heavy (non-hydrogen) atoms. The number of rotatable bonds is 9. The molecule has 0 heterocycles. The highest BCUT2D eigenvalue weighted by atomic mass is 16.2. The number of carbonyl (C=O) groups excluding carboxylic acids is 2. The summed E-state index contributed by atoms with van der Waals surface area (Å²) in [6.45, 7) is 3.72. The SMILES string of the molecule is CCCCN(CC(N)=O)Cc1ccccc1CC(=O)NN. The summed E-state index contributed by atoms with van der Waals surface area (Å²) in [7, 11) is 0. The first-order valence-electron chi connectivity index (χ1n) is 7.13. The highest BCUT2D eigenvalue weighted by molar-refractivity contribution is 5.78. The van der Waals surface area contributed by atoms with E-state index >= 15 is 0 Å². The van der Waals surface area contributed by atoms with Crippen LogP contribution in [-0.4, -0.2) is 29.8 Å². The van der Waals surface area contributed by atoms with Gasteiger partial charge in [0.15, 0.2) is 0 Å². The van der Waals surface area contributed by atoms with Crippen molar-refractivity contribution < 1.29 is 9.59 Å². The second-order valence-corrected chi connectivity index (χ2v) is 5.04. The van der Waals surface area contributed by atoms with Gasteiger partial charge in [0, 0.05) is 6.54 Å². The Morgan fingerprint density at radius 2 is 1.90 bits per heavy atom. The average Bonchev–Trinajstić information content (AvgIpc) is 2.46. The number of amides is 2. The van der Waals surface area contributed by atoms with Crippen LogP contribution >= 0.6 is 0 Å². The van der Waals surface area contributed by atoms with Crippen LogP contribution in [0.1, 0.15) is 30.9 Å². The molecule has 116 valence electrons. The number of nitrogens with one attached hydrogen (secondary N) is 1. The van der Waals surface area contributed by atoms with Crippen molar-refractivity contribution >= 4 is 11.8 Å². The fourth-order valence-corrected chi connectivity index (χ4v) is 2.17. The van der Waals surface area contributed by atoms with Gasteiger partial charge in [-0.05, 0) is 24.1 Å². The number of hydrogen-bond acceptors (Lipinski definition) is 4. The molecular formula is C15H24N4O2. The van der Waals surface area contributed by atoms with E-state index in [4.69, 9.17) is 11.6 Å². The lowest BCUT2D eigenvalue weighted by atomic mass is 10.0. The van der Waals surface area contributed by atoms with Crippen LogP contribution in [0.3, 0.4) is 0 Å². The van der Waals surface area contributed by atoms with Crippen LogP contribution in [0.2, 0.25) is 0 Å². The van der Waals surface area contributed by atoms with Gasteiger partial charge in [-0.25, -0.2) is 5.84 Å². The second-order valence-electron chi connectivity index (χ2n) is 5.04. The second kappa shape index (κ2) is 9.10. The van der Waals surface area contributed by atoms with Crippen molar-refractivity contribution in [3.63, 3.8) is 0 Å². The van der Waals surface area contributed by atoms with Gasteiger partial charge in [-0.15, -0.1) is 0 Å². The Kier molecular flexibility index (Phi) is 7.42. The molecule has 0 radical (unpaired) electrons. The third-order valence-corrected chi connectivity index (χ3v) is 3.23. The van der Waals surface area contributed by atoms with E-state index in [1.807, 2.05) is 29.2 Å². The summed E-state index contributed by atoms with van der Waals surface area (Å²) in [5, 5.41) is 0. The van der Waals surface area contributed by atoms with Crippen molar-refractivity contribution in [1.82, 2.24) is 10.3 Å². The normalized spacial score (nSPS) is 10.6. The topological polar surface area (TPSA) is 101 Å². The molecule has 0 atom stereocenters. The molecule has 1 aromatic rings. The van der Waals surface area contributed by atoms with Gasteiger partial charge in [-0.3, -0.25) is 19.9 Å². The molecule has 1 aromatic carbocycles. The Morgan fingerprint density at radius 1 is 1.24 bits per heavy atom. The molecule has 0 bridgehead atoms. The third kappa shape index (κ3) is 6.37. The molecule has 2 amide bonds. The first-order chi connectivity index (χ1) is 10.1. The molecular weight excluding hydrogens is 268 g/mol. The highest BCUT2D eigenvalue weighted by Crippen LogP contribution is 2.13. The van der Waals surface area contributed by atoms with Crippen molar-refractivity contribution in [2.45, 2.75) is 32.7 Å². The maximum atomic E-state index is 11.4. The lowest BCUT2D eigenvalue weighted by Gasteiger charge is -2.22. The van der Waals surface area contributed by atoms with Crippen LogP contribution < -0.4 is 17.0 Å². The molecule has 1 rings (SSSR count). The lowest BCUT2D eigenvalue weighted by Crippen LogP contribution is -2.35. The fraction of sp³-hybridized carbons (Fsp3) is 0.467. The number of primary amides is 1. The molecule has 0 spiro atoms. The van der Waals surface area contributed by atoms with Crippen LogP contribution in [0.15, 0.2) is 24.3 Å². The maximum absolute atomic E-state index is 11.4. The molecule has 0 aliphatic carbocycles. The largest absolute Gasteiger partial charge is 0.369 e. The number of hydrazine groups is 1. The number of hydrogen-bond donors (Lipinski definition) is 3. The van der Waals surface area contributed by atoms with Gasteiger partial charge >= 0.3 is 0 Å². The Morgan fingerprint density at radius 3 is 2.48 bits per heavy atom. The Balaban J connectivity index is 2.81. The van der Waals surface area contributed by atoms with Crippen LogP contribution in [0, 0.1) is 0 Å². The molecule has 0 unspecified atom stereocenters. The van der Waals surface area contributed by atoms with Crippen molar-refractivity contribution in [1.29, 1.82) is 0 Å². The Labute approximate surface area is 125 Å². The van der Waals surface area contributed by atoms with E-state index in [0.29, 0.717) is 6.54 Å². The molecule has 0 saturated carbocycles. The minimum atomic E-state index is -0.344. The van der Waals surface area contributed by atoms with Gasteiger partial charge in [0.25, 0.3) is 0 Å². The summed E-state index contributed by atoms with van der Waals surface area (Å²) in [5.74, 6) is 4.55. The molecule has 0 aliphatic heterocycles. The zero-order valence-electron chi connectivity index (χ0n) is 12.5. The van der Waals surface area contributed by atoms with Crippen LogP contribution in [0.25, 0.3) is 0 Å². The van der Waals surface area contributed by atoms with Gasteiger partial charge < -0.3 is 5.73 Å². The van der Waals surface area contributed by atoms with E-state index in [2.05, 4.69) is 12.3 Å². The summed E-state index contributed by atoms with van der Waals surface area (Å²) in [6, 6.07) is 7.65. The maximum Gasteiger partial charge on any atom is 0.238 e. The minimum absolute atomic E-state index is 0.220. The molecule has 6 heteroatoms. The van der Waals surface area contributed by atoms with E-state index < -0.39 is 0 Å². The first kappa shape index (κ1) is 17.1. The van der Waals surface area contributed by atoms with Crippen molar-refractivity contribution in [2.75, 3.05) is 13.1 Å². The van der Waals surface area contributed by atoms with E-state index in [1.165, 1.54) is 0 Å². The van der Waals surface area contributed by atoms with Crippen molar-refractivity contribution in [2.24, 2.45) is 11.6 Å². The lowest BCUT2D eigenvalue weighted by molar-refractivity contribution is -0.121. The summed E-state index contributed by atoms with van der Waals surface area (Å²) in [4.78, 5) is 24.6. The summed E-state index contributed by atoms with van der Waals surface area (Å²) in [6.07, 6.45) is 2.27.